The molecule has 3 rings (SSSR count). The summed E-state index contributed by atoms with van der Waals surface area (Å²) in [6.07, 6.45) is 7.34. The van der Waals surface area contributed by atoms with Crippen molar-refractivity contribution in [1.29, 1.82) is 0 Å². The molecular weight excluding hydrogens is 266 g/mol. The Kier molecular flexibility index (Phi) is 4.29. The van der Waals surface area contributed by atoms with Gasteiger partial charge in [-0.1, -0.05) is 6.92 Å². The van der Waals surface area contributed by atoms with Crippen LogP contribution in [0.3, 0.4) is 0 Å². The molecule has 1 aliphatic rings. The summed E-state index contributed by atoms with van der Waals surface area (Å²) in [5.41, 5.74) is 1.22. The van der Waals surface area contributed by atoms with E-state index in [-0.39, 0.29) is 0 Å². The first-order chi connectivity index (χ1) is 10.2. The summed E-state index contributed by atoms with van der Waals surface area (Å²) >= 11 is 0. The van der Waals surface area contributed by atoms with Gasteiger partial charge in [0, 0.05) is 24.7 Å². The lowest BCUT2D eigenvalue weighted by Crippen LogP contribution is -2.15. The summed E-state index contributed by atoms with van der Waals surface area (Å²) in [6.45, 7) is 6.38. The van der Waals surface area contributed by atoms with E-state index in [0.29, 0.717) is 12.6 Å². The molecule has 1 aliphatic carbocycles. The van der Waals surface area contributed by atoms with Crippen molar-refractivity contribution >= 4 is 0 Å². The molecule has 0 amide bonds. The minimum absolute atomic E-state index is 0.447. The molecule has 2 aromatic heterocycles. The first-order valence-electron chi connectivity index (χ1n) is 7.71. The van der Waals surface area contributed by atoms with Crippen LogP contribution in [-0.2, 0) is 19.7 Å². The SMILES string of the molecule is CCCn1cc(OCc2cc(CNC3CC3)c(C)o2)cn1. The summed E-state index contributed by atoms with van der Waals surface area (Å²) in [4.78, 5) is 0. The predicted molar refractivity (Wildman–Crippen MR) is 80.2 cm³/mol. The van der Waals surface area contributed by atoms with Gasteiger partial charge in [-0.2, -0.15) is 5.10 Å². The van der Waals surface area contributed by atoms with E-state index in [1.54, 1.807) is 6.20 Å². The van der Waals surface area contributed by atoms with E-state index in [9.17, 15) is 0 Å². The molecule has 0 unspecified atom stereocenters. The summed E-state index contributed by atoms with van der Waals surface area (Å²) < 4.78 is 13.4. The van der Waals surface area contributed by atoms with Gasteiger partial charge in [-0.05, 0) is 32.3 Å². The maximum Gasteiger partial charge on any atom is 0.157 e. The Balaban J connectivity index is 1.52. The van der Waals surface area contributed by atoms with Crippen LogP contribution >= 0.6 is 0 Å². The van der Waals surface area contributed by atoms with E-state index in [1.165, 1.54) is 18.4 Å². The second-order valence-corrected chi connectivity index (χ2v) is 5.68. The topological polar surface area (TPSA) is 52.2 Å². The van der Waals surface area contributed by atoms with Crippen molar-refractivity contribution < 1.29 is 9.15 Å². The van der Waals surface area contributed by atoms with Crippen LogP contribution < -0.4 is 10.1 Å². The van der Waals surface area contributed by atoms with Crippen molar-refractivity contribution in [2.45, 2.75) is 58.8 Å². The summed E-state index contributed by atoms with van der Waals surface area (Å²) in [5.74, 6) is 2.63. The molecule has 0 atom stereocenters. The van der Waals surface area contributed by atoms with Crippen LogP contribution in [0.1, 0.15) is 43.3 Å². The van der Waals surface area contributed by atoms with Crippen molar-refractivity contribution in [3.8, 4) is 5.75 Å². The van der Waals surface area contributed by atoms with Crippen molar-refractivity contribution in [1.82, 2.24) is 15.1 Å². The van der Waals surface area contributed by atoms with E-state index in [0.717, 1.165) is 36.8 Å². The van der Waals surface area contributed by atoms with Crippen LogP contribution in [0.25, 0.3) is 0 Å². The molecule has 0 radical (unpaired) electrons. The summed E-state index contributed by atoms with van der Waals surface area (Å²) in [6, 6.07) is 2.80. The lowest BCUT2D eigenvalue weighted by molar-refractivity contribution is 0.267. The monoisotopic (exact) mass is 289 g/mol. The zero-order valence-corrected chi connectivity index (χ0v) is 12.8. The van der Waals surface area contributed by atoms with Gasteiger partial charge < -0.3 is 14.5 Å². The number of aromatic nitrogens is 2. The van der Waals surface area contributed by atoms with Gasteiger partial charge in [0.25, 0.3) is 0 Å². The Hall–Kier alpha value is -1.75. The number of nitrogens with zero attached hydrogens (tertiary/aromatic N) is 2. The largest absolute Gasteiger partial charge is 0.482 e. The van der Waals surface area contributed by atoms with Gasteiger partial charge >= 0.3 is 0 Å². The van der Waals surface area contributed by atoms with Crippen LogP contribution in [-0.4, -0.2) is 15.8 Å². The zero-order valence-electron chi connectivity index (χ0n) is 12.8. The van der Waals surface area contributed by atoms with Crippen molar-refractivity contribution in [2.75, 3.05) is 0 Å². The number of hydrogen-bond acceptors (Lipinski definition) is 4. The third-order valence-corrected chi connectivity index (χ3v) is 3.67. The Morgan fingerprint density at radius 1 is 1.48 bits per heavy atom. The van der Waals surface area contributed by atoms with Gasteiger partial charge in [-0.3, -0.25) is 4.68 Å². The van der Waals surface area contributed by atoms with Gasteiger partial charge in [0.05, 0.1) is 12.4 Å². The molecule has 5 nitrogen and oxygen atoms in total. The first kappa shape index (κ1) is 14.2. The lowest BCUT2D eigenvalue weighted by Gasteiger charge is -2.00. The molecule has 5 heteroatoms. The molecule has 2 aromatic rings. The van der Waals surface area contributed by atoms with Crippen LogP contribution in [0.5, 0.6) is 5.75 Å². The molecule has 1 saturated carbocycles. The van der Waals surface area contributed by atoms with Crippen LogP contribution in [0.15, 0.2) is 22.9 Å². The molecule has 0 bridgehead atoms. The highest BCUT2D eigenvalue weighted by Gasteiger charge is 2.21. The van der Waals surface area contributed by atoms with E-state index < -0.39 is 0 Å². The average Bonchev–Trinajstić information content (AvgIpc) is 3.08. The van der Waals surface area contributed by atoms with Gasteiger partial charge in [0.2, 0.25) is 0 Å². The third kappa shape index (κ3) is 3.88. The quantitative estimate of drug-likeness (QED) is 0.811. The molecule has 0 spiro atoms. The van der Waals surface area contributed by atoms with Crippen molar-refractivity contribution in [2.24, 2.45) is 0 Å². The van der Waals surface area contributed by atoms with E-state index in [4.69, 9.17) is 9.15 Å². The number of hydrogen-bond donors (Lipinski definition) is 1. The molecule has 0 aliphatic heterocycles. The molecule has 0 aromatic carbocycles. The van der Waals surface area contributed by atoms with E-state index in [2.05, 4.69) is 23.4 Å². The predicted octanol–water partition coefficient (Wildman–Crippen LogP) is 3.03. The number of aryl methyl sites for hydroxylation is 2. The fourth-order valence-electron chi connectivity index (χ4n) is 2.30. The lowest BCUT2D eigenvalue weighted by atomic mass is 10.2. The van der Waals surface area contributed by atoms with Gasteiger partial charge in [0.15, 0.2) is 5.75 Å². The highest BCUT2D eigenvalue weighted by atomic mass is 16.5. The minimum Gasteiger partial charge on any atom is -0.482 e. The Morgan fingerprint density at radius 2 is 2.33 bits per heavy atom. The van der Waals surface area contributed by atoms with E-state index in [1.807, 2.05) is 17.8 Å². The number of furan rings is 1. The third-order valence-electron chi connectivity index (χ3n) is 3.67. The molecular formula is C16H23N3O2. The Bertz CT molecular complexity index is 584. The van der Waals surface area contributed by atoms with Crippen molar-refractivity contribution in [3.05, 3.63) is 35.5 Å². The summed E-state index contributed by atoms with van der Waals surface area (Å²) in [7, 11) is 0. The summed E-state index contributed by atoms with van der Waals surface area (Å²) in [5, 5.41) is 7.75. The molecule has 0 saturated heterocycles. The van der Waals surface area contributed by atoms with Crippen molar-refractivity contribution in [3.63, 3.8) is 0 Å². The molecule has 2 heterocycles. The molecule has 1 fully saturated rings. The van der Waals surface area contributed by atoms with E-state index >= 15 is 0 Å². The maximum absolute atomic E-state index is 5.75. The van der Waals surface area contributed by atoms with Crippen LogP contribution in [0.4, 0.5) is 0 Å². The Labute approximate surface area is 125 Å². The number of ether oxygens (including phenoxy) is 1. The molecule has 114 valence electrons. The van der Waals surface area contributed by atoms with Gasteiger partial charge in [-0.25, -0.2) is 0 Å². The second-order valence-electron chi connectivity index (χ2n) is 5.68. The van der Waals surface area contributed by atoms with Crippen LogP contribution in [0, 0.1) is 6.92 Å². The molecule has 1 N–H and O–H groups in total. The smallest absolute Gasteiger partial charge is 0.157 e. The normalized spacial score (nSPS) is 14.6. The number of rotatable bonds is 8. The zero-order chi connectivity index (χ0) is 14.7. The average molecular weight is 289 g/mol. The van der Waals surface area contributed by atoms with Crippen LogP contribution in [0.2, 0.25) is 0 Å². The highest BCUT2D eigenvalue weighted by Crippen LogP contribution is 2.21. The maximum atomic E-state index is 5.75. The minimum atomic E-state index is 0.447. The fourth-order valence-corrected chi connectivity index (χ4v) is 2.30. The second kappa shape index (κ2) is 6.35. The first-order valence-corrected chi connectivity index (χ1v) is 7.71. The standard InChI is InChI=1S/C16H23N3O2/c1-3-6-19-10-16(9-18-19)20-11-15-7-13(12(2)21-15)8-17-14-4-5-14/h7,9-10,14,17H,3-6,8,11H2,1-2H3. The van der Waals surface area contributed by atoms with Gasteiger partial charge in [-0.15, -0.1) is 0 Å². The molecule has 21 heavy (non-hydrogen) atoms. The Morgan fingerprint density at radius 3 is 3.10 bits per heavy atom. The van der Waals surface area contributed by atoms with Gasteiger partial charge in [0.1, 0.15) is 18.1 Å². The highest BCUT2D eigenvalue weighted by molar-refractivity contribution is 5.21. The fraction of sp³-hybridized carbons (Fsp3) is 0.562. The number of nitrogens with one attached hydrogen (secondary N) is 1.